The van der Waals surface area contributed by atoms with Gasteiger partial charge in [-0.2, -0.15) is 0 Å². The van der Waals surface area contributed by atoms with Crippen LogP contribution in [0.5, 0.6) is 5.75 Å². The van der Waals surface area contributed by atoms with Crippen molar-refractivity contribution in [2.75, 3.05) is 18.1 Å². The molecule has 4 nitrogen and oxygen atoms in total. The average Bonchev–Trinajstić information content (AvgIpc) is 2.69. The lowest BCUT2D eigenvalue weighted by Gasteiger charge is -2.25. The van der Waals surface area contributed by atoms with Gasteiger partial charge in [-0.05, 0) is 55.5 Å². The Balaban J connectivity index is 1.88. The summed E-state index contributed by atoms with van der Waals surface area (Å²) < 4.78 is 5.49. The highest BCUT2D eigenvalue weighted by molar-refractivity contribution is 5.76. The van der Waals surface area contributed by atoms with Gasteiger partial charge in [0.25, 0.3) is 0 Å². The lowest BCUT2D eigenvalue weighted by Crippen LogP contribution is -2.21. The number of anilines is 3. The van der Waals surface area contributed by atoms with E-state index in [9.17, 15) is 5.11 Å². The van der Waals surface area contributed by atoms with Crippen molar-refractivity contribution in [2.24, 2.45) is 0 Å². The molecule has 0 amide bonds. The van der Waals surface area contributed by atoms with E-state index >= 15 is 0 Å². The second kappa shape index (κ2) is 8.52. The molecule has 3 aromatic carbocycles. The van der Waals surface area contributed by atoms with Crippen LogP contribution in [0.25, 0.3) is 0 Å². The van der Waals surface area contributed by atoms with Gasteiger partial charge in [0.15, 0.2) is 0 Å². The number of nitrogens with zero attached hydrogens (tertiary/aromatic N) is 1. The van der Waals surface area contributed by atoms with Gasteiger partial charge in [0.05, 0.1) is 6.61 Å². The lowest BCUT2D eigenvalue weighted by molar-refractivity contribution is 0.0536. The number of benzene rings is 3. The van der Waals surface area contributed by atoms with Gasteiger partial charge in [-0.25, -0.2) is 0 Å². The second-order valence-corrected chi connectivity index (χ2v) is 6.15. The predicted octanol–water partition coefficient (Wildman–Crippen LogP) is 4.20. The first-order valence-electron chi connectivity index (χ1n) is 8.61. The Morgan fingerprint density at radius 1 is 0.808 bits per heavy atom. The number of hydrogen-bond donors (Lipinski definition) is 2. The van der Waals surface area contributed by atoms with E-state index < -0.39 is 6.10 Å². The van der Waals surface area contributed by atoms with Crippen LogP contribution < -0.4 is 9.64 Å². The van der Waals surface area contributed by atoms with Crippen LogP contribution >= 0.6 is 0 Å². The van der Waals surface area contributed by atoms with E-state index in [1.54, 1.807) is 0 Å². The molecule has 3 rings (SSSR count). The zero-order valence-corrected chi connectivity index (χ0v) is 14.7. The third-order valence-corrected chi connectivity index (χ3v) is 4.05. The monoisotopic (exact) mass is 349 g/mol. The first kappa shape index (κ1) is 18.0. The fourth-order valence-corrected chi connectivity index (χ4v) is 2.65. The molecule has 0 bridgehead atoms. The lowest BCUT2D eigenvalue weighted by atomic mass is 10.1. The van der Waals surface area contributed by atoms with E-state index in [0.717, 1.165) is 17.1 Å². The summed E-state index contributed by atoms with van der Waals surface area (Å²) in [7, 11) is 0. The normalized spacial score (nSPS) is 11.8. The zero-order valence-electron chi connectivity index (χ0n) is 14.7. The Hall–Kier alpha value is -2.82. The molecule has 0 fully saturated rings. The molecule has 4 heteroatoms. The molecule has 26 heavy (non-hydrogen) atoms. The standard InChI is InChI=1S/C22H23NO3/c1-17-7-9-19(10-8-17)23(18-5-3-2-4-6-18)20-11-13-22(14-12-20)26-16-21(25)15-24/h2-14,21,24-25H,15-16H2,1H3. The molecule has 0 spiro atoms. The van der Waals surface area contributed by atoms with Gasteiger partial charge in [0.1, 0.15) is 18.5 Å². The highest BCUT2D eigenvalue weighted by Gasteiger charge is 2.12. The molecule has 0 saturated heterocycles. The molecule has 0 aromatic heterocycles. The maximum absolute atomic E-state index is 9.40. The summed E-state index contributed by atoms with van der Waals surface area (Å²) in [6.45, 7) is 1.83. The summed E-state index contributed by atoms with van der Waals surface area (Å²) in [5.41, 5.74) is 4.37. The number of hydrogen-bond acceptors (Lipinski definition) is 4. The van der Waals surface area contributed by atoms with E-state index in [0.29, 0.717) is 5.75 Å². The van der Waals surface area contributed by atoms with Crippen molar-refractivity contribution in [1.82, 2.24) is 0 Å². The highest BCUT2D eigenvalue weighted by Crippen LogP contribution is 2.35. The highest BCUT2D eigenvalue weighted by atomic mass is 16.5. The molecule has 0 aliphatic heterocycles. The van der Waals surface area contributed by atoms with Crippen molar-refractivity contribution < 1.29 is 14.9 Å². The molecular formula is C22H23NO3. The van der Waals surface area contributed by atoms with Crippen molar-refractivity contribution in [2.45, 2.75) is 13.0 Å². The average molecular weight is 349 g/mol. The smallest absolute Gasteiger partial charge is 0.119 e. The molecule has 3 aromatic rings. The number of aliphatic hydroxyl groups excluding tert-OH is 2. The maximum atomic E-state index is 9.40. The van der Waals surface area contributed by atoms with Crippen molar-refractivity contribution in [3.05, 3.63) is 84.4 Å². The zero-order chi connectivity index (χ0) is 18.4. The van der Waals surface area contributed by atoms with Crippen LogP contribution in [-0.4, -0.2) is 29.5 Å². The second-order valence-electron chi connectivity index (χ2n) is 6.15. The van der Waals surface area contributed by atoms with Gasteiger partial charge in [0.2, 0.25) is 0 Å². The van der Waals surface area contributed by atoms with Crippen molar-refractivity contribution in [3.8, 4) is 5.75 Å². The number of aryl methyl sites for hydroxylation is 1. The molecule has 0 aliphatic carbocycles. The van der Waals surface area contributed by atoms with Crippen molar-refractivity contribution in [3.63, 3.8) is 0 Å². The fourth-order valence-electron chi connectivity index (χ4n) is 2.65. The van der Waals surface area contributed by atoms with Gasteiger partial charge in [-0.15, -0.1) is 0 Å². The Kier molecular flexibility index (Phi) is 5.89. The minimum Gasteiger partial charge on any atom is -0.491 e. The van der Waals surface area contributed by atoms with Crippen LogP contribution in [-0.2, 0) is 0 Å². The van der Waals surface area contributed by atoms with Crippen LogP contribution in [0.1, 0.15) is 5.56 Å². The summed E-state index contributed by atoms with van der Waals surface area (Å²) in [5, 5.41) is 18.3. The number of para-hydroxylation sites is 1. The van der Waals surface area contributed by atoms with Crippen LogP contribution in [0.2, 0.25) is 0 Å². The summed E-state index contributed by atoms with van der Waals surface area (Å²) >= 11 is 0. The molecule has 0 aliphatic rings. The Morgan fingerprint density at radius 2 is 1.35 bits per heavy atom. The van der Waals surface area contributed by atoms with Crippen LogP contribution in [0.4, 0.5) is 17.1 Å². The molecule has 0 radical (unpaired) electrons. The number of rotatable bonds is 7. The third kappa shape index (κ3) is 4.42. The van der Waals surface area contributed by atoms with Crippen molar-refractivity contribution >= 4 is 17.1 Å². The minimum atomic E-state index is -0.872. The first-order chi connectivity index (χ1) is 12.7. The summed E-state index contributed by atoms with van der Waals surface area (Å²) in [4.78, 5) is 2.17. The van der Waals surface area contributed by atoms with Gasteiger partial charge >= 0.3 is 0 Å². The fraction of sp³-hybridized carbons (Fsp3) is 0.182. The SMILES string of the molecule is Cc1ccc(N(c2ccccc2)c2ccc(OCC(O)CO)cc2)cc1. The Morgan fingerprint density at radius 3 is 1.92 bits per heavy atom. The van der Waals surface area contributed by atoms with E-state index in [2.05, 4.69) is 48.2 Å². The van der Waals surface area contributed by atoms with Gasteiger partial charge in [-0.3, -0.25) is 0 Å². The maximum Gasteiger partial charge on any atom is 0.119 e. The molecule has 1 unspecified atom stereocenters. The van der Waals surface area contributed by atoms with Gasteiger partial charge < -0.3 is 19.8 Å². The van der Waals surface area contributed by atoms with Crippen LogP contribution in [0.15, 0.2) is 78.9 Å². The Labute approximate surface area is 153 Å². The van der Waals surface area contributed by atoms with Crippen LogP contribution in [0.3, 0.4) is 0 Å². The summed E-state index contributed by atoms with van der Waals surface area (Å²) in [6.07, 6.45) is -0.872. The quantitative estimate of drug-likeness (QED) is 0.671. The number of aliphatic hydroxyl groups is 2. The Bertz CT molecular complexity index is 801. The molecule has 134 valence electrons. The third-order valence-electron chi connectivity index (χ3n) is 4.05. The minimum absolute atomic E-state index is 0.0657. The summed E-state index contributed by atoms with van der Waals surface area (Å²) in [5.74, 6) is 0.651. The van der Waals surface area contributed by atoms with E-state index in [1.165, 1.54) is 5.56 Å². The van der Waals surface area contributed by atoms with Crippen LogP contribution in [0, 0.1) is 6.92 Å². The van der Waals surface area contributed by atoms with E-state index in [-0.39, 0.29) is 13.2 Å². The van der Waals surface area contributed by atoms with Gasteiger partial charge in [-0.1, -0.05) is 35.9 Å². The summed E-state index contributed by atoms with van der Waals surface area (Å²) in [6, 6.07) is 26.3. The van der Waals surface area contributed by atoms with Gasteiger partial charge in [0, 0.05) is 17.1 Å². The first-order valence-corrected chi connectivity index (χ1v) is 8.61. The topological polar surface area (TPSA) is 52.9 Å². The van der Waals surface area contributed by atoms with E-state index in [1.807, 2.05) is 42.5 Å². The largest absolute Gasteiger partial charge is 0.491 e. The predicted molar refractivity (Wildman–Crippen MR) is 104 cm³/mol. The molecule has 2 N–H and O–H groups in total. The molecule has 0 heterocycles. The van der Waals surface area contributed by atoms with Crippen molar-refractivity contribution in [1.29, 1.82) is 0 Å². The number of ether oxygens (including phenoxy) is 1. The van der Waals surface area contributed by atoms with E-state index in [4.69, 9.17) is 9.84 Å². The molecule has 0 saturated carbocycles. The molecule has 1 atom stereocenters. The molecular weight excluding hydrogens is 326 g/mol.